The molecular formula is C13H14N2O4S. The summed E-state index contributed by atoms with van der Waals surface area (Å²) in [6, 6.07) is 7.63. The number of thioether (sulfide) groups is 1. The molecule has 1 aromatic heterocycles. The molecule has 0 aliphatic rings. The van der Waals surface area contributed by atoms with Gasteiger partial charge in [0, 0.05) is 6.42 Å². The predicted molar refractivity (Wildman–Crippen MR) is 73.9 cm³/mol. The summed E-state index contributed by atoms with van der Waals surface area (Å²) >= 11 is 1.23. The number of carboxylic acid groups (broad SMARTS) is 1. The quantitative estimate of drug-likeness (QED) is 0.835. The normalized spacial score (nSPS) is 10.4. The highest BCUT2D eigenvalue weighted by atomic mass is 32.2. The van der Waals surface area contributed by atoms with Crippen LogP contribution in [0.1, 0.15) is 17.3 Å². The molecule has 7 heteroatoms. The van der Waals surface area contributed by atoms with Crippen LogP contribution in [0.15, 0.2) is 28.8 Å². The van der Waals surface area contributed by atoms with E-state index in [4.69, 9.17) is 14.4 Å². The zero-order chi connectivity index (χ0) is 14.4. The van der Waals surface area contributed by atoms with E-state index in [0.717, 1.165) is 11.3 Å². The van der Waals surface area contributed by atoms with Crippen molar-refractivity contribution in [1.82, 2.24) is 10.1 Å². The molecule has 0 unspecified atom stereocenters. The third-order valence-corrected chi connectivity index (χ3v) is 3.38. The molecule has 1 aromatic carbocycles. The zero-order valence-corrected chi connectivity index (χ0v) is 11.7. The molecule has 20 heavy (non-hydrogen) atoms. The van der Waals surface area contributed by atoms with Crippen molar-refractivity contribution in [2.45, 2.75) is 12.2 Å². The average Bonchev–Trinajstić information content (AvgIpc) is 2.87. The molecule has 1 heterocycles. The smallest absolute Gasteiger partial charge is 0.313 e. The van der Waals surface area contributed by atoms with Crippen LogP contribution in [0.2, 0.25) is 0 Å². The minimum atomic E-state index is -0.854. The Labute approximate surface area is 120 Å². The number of ether oxygens (including phenoxy) is 1. The lowest BCUT2D eigenvalue weighted by molar-refractivity contribution is -0.133. The van der Waals surface area contributed by atoms with Crippen molar-refractivity contribution < 1.29 is 19.2 Å². The summed E-state index contributed by atoms with van der Waals surface area (Å²) in [5.41, 5.74) is 1.05. The minimum Gasteiger partial charge on any atom is -0.497 e. The van der Waals surface area contributed by atoms with Crippen LogP contribution < -0.4 is 4.74 Å². The van der Waals surface area contributed by atoms with Crippen molar-refractivity contribution >= 4 is 17.7 Å². The number of carboxylic acids is 1. The predicted octanol–water partition coefficient (Wildman–Crippen LogP) is 1.99. The van der Waals surface area contributed by atoms with Gasteiger partial charge in [0.2, 0.25) is 5.89 Å². The highest BCUT2D eigenvalue weighted by Gasteiger charge is 2.08. The minimum absolute atomic E-state index is 0.0240. The van der Waals surface area contributed by atoms with E-state index in [1.165, 1.54) is 11.8 Å². The number of aromatic nitrogens is 2. The van der Waals surface area contributed by atoms with Crippen LogP contribution in [0.3, 0.4) is 0 Å². The molecule has 0 spiro atoms. The Bertz CT molecular complexity index is 568. The second-order valence-electron chi connectivity index (χ2n) is 4.02. The highest BCUT2D eigenvalue weighted by Crippen LogP contribution is 2.15. The van der Waals surface area contributed by atoms with Crippen LogP contribution in [0, 0.1) is 0 Å². The first-order valence-electron chi connectivity index (χ1n) is 5.91. The van der Waals surface area contributed by atoms with Gasteiger partial charge in [0.05, 0.1) is 18.6 Å². The van der Waals surface area contributed by atoms with E-state index in [1.54, 1.807) is 7.11 Å². The van der Waals surface area contributed by atoms with Gasteiger partial charge >= 0.3 is 5.97 Å². The average molecular weight is 294 g/mol. The summed E-state index contributed by atoms with van der Waals surface area (Å²) in [5.74, 6) is 1.40. The Morgan fingerprint density at radius 3 is 2.80 bits per heavy atom. The van der Waals surface area contributed by atoms with E-state index in [2.05, 4.69) is 10.1 Å². The van der Waals surface area contributed by atoms with Gasteiger partial charge in [-0.15, -0.1) is 11.8 Å². The second-order valence-corrected chi connectivity index (χ2v) is 5.00. The molecule has 6 nitrogen and oxygen atoms in total. The van der Waals surface area contributed by atoms with Gasteiger partial charge in [0.15, 0.2) is 5.82 Å². The summed E-state index contributed by atoms with van der Waals surface area (Å²) in [6.07, 6.45) is 0.567. The second kappa shape index (κ2) is 6.95. The van der Waals surface area contributed by atoms with Gasteiger partial charge in [0.25, 0.3) is 0 Å². The van der Waals surface area contributed by atoms with E-state index in [1.807, 2.05) is 24.3 Å². The first-order valence-corrected chi connectivity index (χ1v) is 7.07. The molecule has 0 radical (unpaired) electrons. The molecule has 0 bridgehead atoms. The van der Waals surface area contributed by atoms with Crippen molar-refractivity contribution in [2.24, 2.45) is 0 Å². The molecular weight excluding hydrogens is 280 g/mol. The number of rotatable bonds is 7. The van der Waals surface area contributed by atoms with Crippen molar-refractivity contribution in [1.29, 1.82) is 0 Å². The first kappa shape index (κ1) is 14.4. The maximum Gasteiger partial charge on any atom is 0.313 e. The fraction of sp³-hybridized carbons (Fsp3) is 0.308. The van der Waals surface area contributed by atoms with Crippen LogP contribution >= 0.6 is 11.8 Å². The highest BCUT2D eigenvalue weighted by molar-refractivity contribution is 7.99. The lowest BCUT2D eigenvalue weighted by atomic mass is 10.1. The number of nitrogens with zero attached hydrogens (tertiary/aromatic N) is 2. The van der Waals surface area contributed by atoms with Crippen LogP contribution in [-0.2, 0) is 17.0 Å². The fourth-order valence-electron chi connectivity index (χ4n) is 1.57. The van der Waals surface area contributed by atoms with Crippen LogP contribution in [0.25, 0.3) is 0 Å². The number of hydrogen-bond acceptors (Lipinski definition) is 6. The molecule has 2 rings (SSSR count). The lowest BCUT2D eigenvalue weighted by Gasteiger charge is -2.00. The van der Waals surface area contributed by atoms with Crippen LogP contribution in [0.4, 0.5) is 0 Å². The molecule has 106 valence electrons. The standard InChI is InChI=1S/C13H14N2O4S/c1-18-10-4-2-9(3-5-10)6-11-14-12(19-15-11)7-20-8-13(16)17/h2-5H,6-8H2,1H3,(H,16,17). The fourth-order valence-corrected chi connectivity index (χ4v) is 2.14. The summed E-state index contributed by atoms with van der Waals surface area (Å²) in [5, 5.41) is 12.4. The summed E-state index contributed by atoms with van der Waals surface area (Å²) in [6.45, 7) is 0. The molecule has 0 atom stereocenters. The van der Waals surface area contributed by atoms with Crippen molar-refractivity contribution in [3.05, 3.63) is 41.5 Å². The number of aliphatic carboxylic acids is 1. The van der Waals surface area contributed by atoms with E-state index in [-0.39, 0.29) is 5.75 Å². The Balaban J connectivity index is 1.89. The van der Waals surface area contributed by atoms with Crippen LogP contribution in [-0.4, -0.2) is 34.1 Å². The Morgan fingerprint density at radius 2 is 2.15 bits per heavy atom. The lowest BCUT2D eigenvalue weighted by Crippen LogP contribution is -1.98. The van der Waals surface area contributed by atoms with Gasteiger partial charge in [-0.3, -0.25) is 4.79 Å². The summed E-state index contributed by atoms with van der Waals surface area (Å²) in [7, 11) is 1.62. The number of methoxy groups -OCH3 is 1. The molecule has 0 saturated heterocycles. The summed E-state index contributed by atoms with van der Waals surface area (Å²) < 4.78 is 10.2. The monoisotopic (exact) mass is 294 g/mol. The number of benzene rings is 1. The van der Waals surface area contributed by atoms with Gasteiger partial charge in [-0.05, 0) is 17.7 Å². The van der Waals surface area contributed by atoms with E-state index in [0.29, 0.717) is 23.9 Å². The van der Waals surface area contributed by atoms with Crippen LogP contribution in [0.5, 0.6) is 5.75 Å². The van der Waals surface area contributed by atoms with Crippen molar-refractivity contribution in [3.63, 3.8) is 0 Å². The van der Waals surface area contributed by atoms with Crippen molar-refractivity contribution in [3.8, 4) is 5.75 Å². The number of hydrogen-bond donors (Lipinski definition) is 1. The van der Waals surface area contributed by atoms with Gasteiger partial charge < -0.3 is 14.4 Å². The Kier molecular flexibility index (Phi) is 5.00. The molecule has 0 amide bonds. The zero-order valence-electron chi connectivity index (χ0n) is 10.9. The summed E-state index contributed by atoms with van der Waals surface area (Å²) in [4.78, 5) is 14.6. The molecule has 2 aromatic rings. The van der Waals surface area contributed by atoms with E-state index < -0.39 is 5.97 Å². The Hall–Kier alpha value is -2.02. The third kappa shape index (κ3) is 4.27. The van der Waals surface area contributed by atoms with Gasteiger partial charge in [-0.2, -0.15) is 4.98 Å². The SMILES string of the molecule is COc1ccc(Cc2noc(CSCC(=O)O)n2)cc1. The molecule has 0 saturated carbocycles. The maximum absolute atomic E-state index is 10.4. The third-order valence-electron chi connectivity index (χ3n) is 2.48. The van der Waals surface area contributed by atoms with Gasteiger partial charge in [0.1, 0.15) is 5.75 Å². The van der Waals surface area contributed by atoms with Gasteiger partial charge in [-0.25, -0.2) is 0 Å². The molecule has 0 aliphatic carbocycles. The maximum atomic E-state index is 10.4. The van der Waals surface area contributed by atoms with Crippen molar-refractivity contribution in [2.75, 3.05) is 12.9 Å². The molecule has 0 aliphatic heterocycles. The molecule has 0 fully saturated rings. The van der Waals surface area contributed by atoms with E-state index >= 15 is 0 Å². The van der Waals surface area contributed by atoms with Gasteiger partial charge in [-0.1, -0.05) is 17.3 Å². The Morgan fingerprint density at radius 1 is 1.40 bits per heavy atom. The number of carbonyl (C=O) groups is 1. The topological polar surface area (TPSA) is 85.5 Å². The largest absolute Gasteiger partial charge is 0.497 e. The first-order chi connectivity index (χ1) is 9.67. The van der Waals surface area contributed by atoms with E-state index in [9.17, 15) is 4.79 Å². The molecule has 1 N–H and O–H groups in total.